The molecule has 2 nitrogen and oxygen atoms in total. The van der Waals surface area contributed by atoms with E-state index in [-0.39, 0.29) is 11.6 Å². The second kappa shape index (κ2) is 5.74. The lowest BCUT2D eigenvalue weighted by Crippen LogP contribution is -1.92. The van der Waals surface area contributed by atoms with Crippen LogP contribution in [-0.4, -0.2) is 4.98 Å². The molecule has 4 heteroatoms. The second-order valence-electron chi connectivity index (χ2n) is 4.75. The van der Waals surface area contributed by atoms with Gasteiger partial charge in [0, 0.05) is 17.3 Å². The molecule has 22 heavy (non-hydrogen) atoms. The minimum absolute atomic E-state index is 0.361. The van der Waals surface area contributed by atoms with Gasteiger partial charge in [0.05, 0.1) is 11.3 Å². The van der Waals surface area contributed by atoms with Gasteiger partial charge in [-0.1, -0.05) is 24.3 Å². The standard InChI is InChI=1S/C18H10F2N2/c19-15-5-1-3-13(8-15)17-7-12(10-21)11-22-18(17)14-4-2-6-16(20)9-14/h1-9,11H. The van der Waals surface area contributed by atoms with Gasteiger partial charge in [0.1, 0.15) is 17.7 Å². The molecule has 0 aliphatic heterocycles. The van der Waals surface area contributed by atoms with E-state index in [1.807, 2.05) is 6.07 Å². The third kappa shape index (κ3) is 2.70. The molecule has 0 amide bonds. The van der Waals surface area contributed by atoms with Crippen LogP contribution in [0.25, 0.3) is 22.4 Å². The predicted molar refractivity (Wildman–Crippen MR) is 79.7 cm³/mol. The van der Waals surface area contributed by atoms with Crippen LogP contribution in [0.3, 0.4) is 0 Å². The van der Waals surface area contributed by atoms with E-state index < -0.39 is 0 Å². The fraction of sp³-hybridized carbons (Fsp3) is 0. The molecule has 0 saturated carbocycles. The SMILES string of the molecule is N#Cc1cnc(-c2cccc(F)c2)c(-c2cccc(F)c2)c1. The third-order valence-corrected chi connectivity index (χ3v) is 3.25. The highest BCUT2D eigenvalue weighted by Crippen LogP contribution is 2.31. The summed E-state index contributed by atoms with van der Waals surface area (Å²) in [4.78, 5) is 4.26. The van der Waals surface area contributed by atoms with Crippen molar-refractivity contribution in [1.29, 1.82) is 5.26 Å². The molecule has 2 aromatic carbocycles. The molecule has 0 aliphatic carbocycles. The van der Waals surface area contributed by atoms with Gasteiger partial charge in [0.15, 0.2) is 0 Å². The molecule has 1 heterocycles. The Hall–Kier alpha value is -3.06. The number of hydrogen-bond donors (Lipinski definition) is 0. The number of nitriles is 1. The first-order valence-electron chi connectivity index (χ1n) is 6.59. The first-order valence-corrected chi connectivity index (χ1v) is 6.59. The van der Waals surface area contributed by atoms with E-state index in [4.69, 9.17) is 5.26 Å². The van der Waals surface area contributed by atoms with Gasteiger partial charge in [0.25, 0.3) is 0 Å². The molecule has 106 valence electrons. The van der Waals surface area contributed by atoms with Crippen molar-refractivity contribution in [2.45, 2.75) is 0 Å². The summed E-state index contributed by atoms with van der Waals surface area (Å²) in [6, 6.07) is 15.7. The third-order valence-electron chi connectivity index (χ3n) is 3.25. The fourth-order valence-corrected chi connectivity index (χ4v) is 2.27. The van der Waals surface area contributed by atoms with E-state index in [2.05, 4.69) is 4.98 Å². The van der Waals surface area contributed by atoms with Gasteiger partial charge in [-0.05, 0) is 35.9 Å². The molecule has 3 rings (SSSR count). The maximum absolute atomic E-state index is 13.5. The van der Waals surface area contributed by atoms with Gasteiger partial charge in [0.2, 0.25) is 0 Å². The normalized spacial score (nSPS) is 10.2. The lowest BCUT2D eigenvalue weighted by atomic mass is 9.98. The van der Waals surface area contributed by atoms with Gasteiger partial charge in [-0.25, -0.2) is 8.78 Å². The van der Waals surface area contributed by atoms with E-state index in [1.54, 1.807) is 30.3 Å². The van der Waals surface area contributed by atoms with Crippen molar-refractivity contribution in [3.8, 4) is 28.5 Å². The van der Waals surface area contributed by atoms with Crippen molar-refractivity contribution in [1.82, 2.24) is 4.98 Å². The van der Waals surface area contributed by atoms with Crippen molar-refractivity contribution in [3.05, 3.63) is 78.0 Å². The molecule has 0 bridgehead atoms. The number of aromatic nitrogens is 1. The van der Waals surface area contributed by atoms with Crippen molar-refractivity contribution < 1.29 is 8.78 Å². The van der Waals surface area contributed by atoms with Gasteiger partial charge in [-0.15, -0.1) is 0 Å². The average Bonchev–Trinajstić information content (AvgIpc) is 2.54. The Kier molecular flexibility index (Phi) is 3.63. The summed E-state index contributed by atoms with van der Waals surface area (Å²) < 4.78 is 26.9. The molecule has 0 atom stereocenters. The highest BCUT2D eigenvalue weighted by molar-refractivity contribution is 5.81. The molecule has 0 saturated heterocycles. The predicted octanol–water partition coefficient (Wildman–Crippen LogP) is 4.57. The van der Waals surface area contributed by atoms with E-state index >= 15 is 0 Å². The number of rotatable bonds is 2. The summed E-state index contributed by atoms with van der Waals surface area (Å²) in [5.74, 6) is -0.765. The van der Waals surface area contributed by atoms with Crippen LogP contribution >= 0.6 is 0 Å². The molecule has 0 aliphatic rings. The molecule has 0 unspecified atom stereocenters. The summed E-state index contributed by atoms with van der Waals surface area (Å²) in [5.41, 5.74) is 2.61. The highest BCUT2D eigenvalue weighted by atomic mass is 19.1. The van der Waals surface area contributed by atoms with Crippen LogP contribution in [0.4, 0.5) is 8.78 Å². The van der Waals surface area contributed by atoms with Gasteiger partial charge >= 0.3 is 0 Å². The summed E-state index contributed by atoms with van der Waals surface area (Å²) in [5, 5.41) is 9.05. The molecule has 3 aromatic rings. The maximum atomic E-state index is 13.5. The monoisotopic (exact) mass is 292 g/mol. The zero-order valence-corrected chi connectivity index (χ0v) is 11.4. The van der Waals surface area contributed by atoms with E-state index in [0.29, 0.717) is 27.9 Å². The molecule has 0 N–H and O–H groups in total. The largest absolute Gasteiger partial charge is 0.254 e. The van der Waals surface area contributed by atoms with E-state index in [0.717, 1.165) is 0 Å². The summed E-state index contributed by atoms with van der Waals surface area (Å²) >= 11 is 0. The fourth-order valence-electron chi connectivity index (χ4n) is 2.27. The lowest BCUT2D eigenvalue weighted by Gasteiger charge is -2.10. The summed E-state index contributed by atoms with van der Waals surface area (Å²) in [7, 11) is 0. The Balaban J connectivity index is 2.25. The smallest absolute Gasteiger partial charge is 0.123 e. The Labute approximate surface area is 126 Å². The Morgan fingerprint density at radius 1 is 0.864 bits per heavy atom. The first-order chi connectivity index (χ1) is 10.7. The molecule has 1 aromatic heterocycles. The minimum atomic E-state index is -0.384. The van der Waals surface area contributed by atoms with Crippen LogP contribution in [0.5, 0.6) is 0 Å². The quantitative estimate of drug-likeness (QED) is 0.694. The number of pyridine rings is 1. The van der Waals surface area contributed by atoms with Gasteiger partial charge in [-0.3, -0.25) is 4.98 Å². The Morgan fingerprint density at radius 2 is 1.50 bits per heavy atom. The number of nitrogens with zero attached hydrogens (tertiary/aromatic N) is 2. The van der Waals surface area contributed by atoms with Crippen LogP contribution in [0.2, 0.25) is 0 Å². The second-order valence-corrected chi connectivity index (χ2v) is 4.75. The topological polar surface area (TPSA) is 36.7 Å². The van der Waals surface area contributed by atoms with Crippen molar-refractivity contribution in [3.63, 3.8) is 0 Å². The van der Waals surface area contributed by atoms with Crippen molar-refractivity contribution >= 4 is 0 Å². The van der Waals surface area contributed by atoms with Crippen LogP contribution in [-0.2, 0) is 0 Å². The maximum Gasteiger partial charge on any atom is 0.123 e. The Morgan fingerprint density at radius 3 is 2.14 bits per heavy atom. The van der Waals surface area contributed by atoms with Crippen LogP contribution < -0.4 is 0 Å². The molecular formula is C18H10F2N2. The van der Waals surface area contributed by atoms with E-state index in [9.17, 15) is 8.78 Å². The van der Waals surface area contributed by atoms with E-state index in [1.165, 1.54) is 30.5 Å². The summed E-state index contributed by atoms with van der Waals surface area (Å²) in [6.45, 7) is 0. The number of benzene rings is 2. The van der Waals surface area contributed by atoms with Gasteiger partial charge in [-0.2, -0.15) is 5.26 Å². The van der Waals surface area contributed by atoms with Crippen molar-refractivity contribution in [2.75, 3.05) is 0 Å². The van der Waals surface area contributed by atoms with Crippen LogP contribution in [0.1, 0.15) is 5.56 Å². The number of hydrogen-bond acceptors (Lipinski definition) is 2. The zero-order chi connectivity index (χ0) is 15.5. The van der Waals surface area contributed by atoms with Crippen LogP contribution in [0, 0.1) is 23.0 Å². The number of halogens is 2. The van der Waals surface area contributed by atoms with Gasteiger partial charge < -0.3 is 0 Å². The lowest BCUT2D eigenvalue weighted by molar-refractivity contribution is 0.627. The summed E-state index contributed by atoms with van der Waals surface area (Å²) in [6.07, 6.45) is 1.42. The molecule has 0 spiro atoms. The molecule has 0 radical (unpaired) electrons. The molecular weight excluding hydrogens is 282 g/mol. The highest BCUT2D eigenvalue weighted by Gasteiger charge is 2.11. The Bertz CT molecular complexity index is 882. The first kappa shape index (κ1) is 13.9. The minimum Gasteiger partial charge on any atom is -0.254 e. The van der Waals surface area contributed by atoms with Crippen LogP contribution in [0.15, 0.2) is 60.8 Å². The average molecular weight is 292 g/mol. The zero-order valence-electron chi connectivity index (χ0n) is 11.4. The molecule has 0 fully saturated rings. The van der Waals surface area contributed by atoms with Crippen molar-refractivity contribution in [2.24, 2.45) is 0 Å².